The molecule has 0 radical (unpaired) electrons. The van der Waals surface area contributed by atoms with Crippen molar-refractivity contribution in [2.75, 3.05) is 6.61 Å². The smallest absolute Gasteiger partial charge is 0.336 e. The van der Waals surface area contributed by atoms with Crippen molar-refractivity contribution in [2.24, 2.45) is 0 Å². The molecule has 0 unspecified atom stereocenters. The molecular formula is C20H22FNO3. The molecule has 4 nitrogen and oxygen atoms in total. The van der Waals surface area contributed by atoms with E-state index >= 15 is 0 Å². The lowest BCUT2D eigenvalue weighted by atomic mass is 9.75. The van der Waals surface area contributed by atoms with Crippen molar-refractivity contribution >= 4 is 11.8 Å². The fourth-order valence-electron chi connectivity index (χ4n) is 3.55. The molecular weight excluding hydrogens is 321 g/mol. The van der Waals surface area contributed by atoms with Crippen LogP contribution in [0.15, 0.2) is 46.8 Å². The molecule has 132 valence electrons. The summed E-state index contributed by atoms with van der Waals surface area (Å²) in [6.45, 7) is 4.03. The Morgan fingerprint density at radius 3 is 2.88 bits per heavy atom. The number of carbonyl (C=O) groups is 2. The average molecular weight is 343 g/mol. The number of esters is 1. The number of ketones is 1. The molecule has 5 heteroatoms. The van der Waals surface area contributed by atoms with Crippen LogP contribution < -0.4 is 5.32 Å². The number of dihydropyridines is 1. The first-order chi connectivity index (χ1) is 12.0. The van der Waals surface area contributed by atoms with Crippen molar-refractivity contribution in [1.29, 1.82) is 0 Å². The van der Waals surface area contributed by atoms with Crippen molar-refractivity contribution in [1.82, 2.24) is 5.32 Å². The minimum absolute atomic E-state index is 0.0105. The summed E-state index contributed by atoms with van der Waals surface area (Å²) in [7, 11) is 0. The molecule has 1 aromatic rings. The molecule has 3 rings (SSSR count). The van der Waals surface area contributed by atoms with E-state index in [1.54, 1.807) is 19.1 Å². The lowest BCUT2D eigenvalue weighted by Gasteiger charge is -2.34. The molecule has 1 aliphatic heterocycles. The molecule has 0 fully saturated rings. The Morgan fingerprint density at radius 1 is 1.36 bits per heavy atom. The lowest BCUT2D eigenvalue weighted by molar-refractivity contribution is -0.139. The van der Waals surface area contributed by atoms with Crippen LogP contribution in [0.25, 0.3) is 0 Å². The van der Waals surface area contributed by atoms with Gasteiger partial charge in [0.15, 0.2) is 5.78 Å². The van der Waals surface area contributed by atoms with Crippen molar-refractivity contribution in [3.63, 3.8) is 0 Å². The number of Topliss-reactive ketones (excluding diaryl/α,β-unsaturated/α-hetero) is 1. The number of carbonyl (C=O) groups excluding carboxylic acids is 2. The fraction of sp³-hybridized carbons (Fsp3) is 0.400. The maximum Gasteiger partial charge on any atom is 0.336 e. The Kier molecular flexibility index (Phi) is 5.02. The second-order valence-electron chi connectivity index (χ2n) is 6.46. The van der Waals surface area contributed by atoms with E-state index in [0.717, 1.165) is 18.5 Å². The number of hydrogen-bond acceptors (Lipinski definition) is 4. The van der Waals surface area contributed by atoms with E-state index in [2.05, 4.69) is 5.32 Å². The molecule has 1 atom stereocenters. The molecule has 0 aromatic heterocycles. The largest absolute Gasteiger partial charge is 0.462 e. The Labute approximate surface area is 146 Å². The number of hydrogen-bond donors (Lipinski definition) is 1. The normalized spacial score (nSPS) is 20.3. The van der Waals surface area contributed by atoms with Crippen LogP contribution in [0.4, 0.5) is 4.39 Å². The van der Waals surface area contributed by atoms with Crippen molar-refractivity contribution in [3.05, 3.63) is 58.2 Å². The average Bonchev–Trinajstić information content (AvgIpc) is 2.58. The predicted octanol–water partition coefficient (Wildman–Crippen LogP) is 3.75. The molecule has 0 saturated heterocycles. The third-order valence-corrected chi connectivity index (χ3v) is 4.62. The first-order valence-corrected chi connectivity index (χ1v) is 8.69. The van der Waals surface area contributed by atoms with E-state index in [1.807, 2.05) is 6.92 Å². The molecule has 0 saturated carbocycles. The number of nitrogens with one attached hydrogen (secondary N) is 1. The minimum atomic E-state index is -0.580. The molecule has 0 spiro atoms. The highest BCUT2D eigenvalue weighted by atomic mass is 19.1. The highest BCUT2D eigenvalue weighted by Crippen LogP contribution is 2.42. The number of allylic oxidation sites excluding steroid dienone is 3. The van der Waals surface area contributed by atoms with Gasteiger partial charge >= 0.3 is 5.97 Å². The number of ether oxygens (including phenoxy) is 1. The standard InChI is InChI=1S/C20H22FNO3/c1-3-10-25-20(24)17-12(2)22-15-8-5-9-16(23)19(15)18(17)13-6-4-7-14(21)11-13/h4,6-7,11,18,22H,3,5,8-10H2,1-2H3/t18-/m1/s1. The highest BCUT2D eigenvalue weighted by molar-refractivity contribution is 6.03. The van der Waals surface area contributed by atoms with Crippen LogP contribution in [-0.2, 0) is 14.3 Å². The van der Waals surface area contributed by atoms with Gasteiger partial charge in [0.05, 0.1) is 12.2 Å². The predicted molar refractivity (Wildman–Crippen MR) is 92.1 cm³/mol. The van der Waals surface area contributed by atoms with Gasteiger partial charge in [-0.05, 0) is 43.9 Å². The Bertz CT molecular complexity index is 779. The molecule has 0 bridgehead atoms. The molecule has 1 N–H and O–H groups in total. The van der Waals surface area contributed by atoms with Crippen LogP contribution in [0, 0.1) is 5.82 Å². The maximum atomic E-state index is 13.8. The molecule has 1 heterocycles. The Morgan fingerprint density at radius 2 is 2.16 bits per heavy atom. The summed E-state index contributed by atoms with van der Waals surface area (Å²) in [6.07, 6.45) is 2.69. The SMILES string of the molecule is CCCOC(=O)C1=C(C)NC2=C(C(=O)CCC2)[C@@H]1c1cccc(F)c1. The first kappa shape index (κ1) is 17.4. The van der Waals surface area contributed by atoms with Crippen molar-refractivity contribution < 1.29 is 18.7 Å². The monoisotopic (exact) mass is 343 g/mol. The van der Waals surface area contributed by atoms with Gasteiger partial charge in [-0.2, -0.15) is 0 Å². The van der Waals surface area contributed by atoms with Crippen LogP contribution >= 0.6 is 0 Å². The quantitative estimate of drug-likeness (QED) is 0.846. The fourth-order valence-corrected chi connectivity index (χ4v) is 3.55. The molecule has 25 heavy (non-hydrogen) atoms. The van der Waals surface area contributed by atoms with Gasteiger partial charge < -0.3 is 10.1 Å². The van der Waals surface area contributed by atoms with Gasteiger partial charge in [-0.25, -0.2) is 9.18 Å². The van der Waals surface area contributed by atoms with Crippen molar-refractivity contribution in [3.8, 4) is 0 Å². The zero-order valence-corrected chi connectivity index (χ0v) is 14.5. The Balaban J connectivity index is 2.12. The number of benzene rings is 1. The maximum absolute atomic E-state index is 13.8. The summed E-state index contributed by atoms with van der Waals surface area (Å²) < 4.78 is 19.2. The van der Waals surface area contributed by atoms with Crippen LogP contribution in [-0.4, -0.2) is 18.4 Å². The van der Waals surface area contributed by atoms with Gasteiger partial charge in [0.1, 0.15) is 5.82 Å². The molecule has 1 aliphatic carbocycles. The highest BCUT2D eigenvalue weighted by Gasteiger charge is 2.39. The van der Waals surface area contributed by atoms with Crippen LogP contribution in [0.5, 0.6) is 0 Å². The second-order valence-corrected chi connectivity index (χ2v) is 6.46. The lowest BCUT2D eigenvalue weighted by Crippen LogP contribution is -2.34. The van der Waals surface area contributed by atoms with Gasteiger partial charge in [0.25, 0.3) is 0 Å². The summed E-state index contributed by atoms with van der Waals surface area (Å²) >= 11 is 0. The summed E-state index contributed by atoms with van der Waals surface area (Å²) in [5.74, 6) is -1.41. The van der Waals surface area contributed by atoms with Gasteiger partial charge in [-0.15, -0.1) is 0 Å². The minimum Gasteiger partial charge on any atom is -0.462 e. The zero-order chi connectivity index (χ0) is 18.0. The number of halogens is 1. The topological polar surface area (TPSA) is 55.4 Å². The van der Waals surface area contributed by atoms with Gasteiger partial charge in [0, 0.05) is 29.3 Å². The van der Waals surface area contributed by atoms with Crippen molar-refractivity contribution in [2.45, 2.75) is 45.4 Å². The third-order valence-electron chi connectivity index (χ3n) is 4.62. The van der Waals surface area contributed by atoms with Gasteiger partial charge in [0.2, 0.25) is 0 Å². The molecule has 0 amide bonds. The molecule has 2 aliphatic rings. The van der Waals surface area contributed by atoms with Gasteiger partial charge in [-0.3, -0.25) is 4.79 Å². The van der Waals surface area contributed by atoms with E-state index < -0.39 is 11.9 Å². The summed E-state index contributed by atoms with van der Waals surface area (Å²) in [5, 5.41) is 3.21. The molecule has 1 aromatic carbocycles. The van der Waals surface area contributed by atoms with E-state index in [9.17, 15) is 14.0 Å². The van der Waals surface area contributed by atoms with E-state index in [4.69, 9.17) is 4.74 Å². The summed E-state index contributed by atoms with van der Waals surface area (Å²) in [6, 6.07) is 6.10. The second kappa shape index (κ2) is 7.21. The zero-order valence-electron chi connectivity index (χ0n) is 14.5. The van der Waals surface area contributed by atoms with Crippen LogP contribution in [0.2, 0.25) is 0 Å². The third kappa shape index (κ3) is 3.36. The van der Waals surface area contributed by atoms with Crippen LogP contribution in [0.3, 0.4) is 0 Å². The number of rotatable bonds is 4. The summed E-state index contributed by atoms with van der Waals surface area (Å²) in [4.78, 5) is 25.3. The van der Waals surface area contributed by atoms with Gasteiger partial charge in [-0.1, -0.05) is 19.1 Å². The van der Waals surface area contributed by atoms with E-state index in [0.29, 0.717) is 41.9 Å². The summed E-state index contributed by atoms with van der Waals surface area (Å²) in [5.41, 5.74) is 3.09. The van der Waals surface area contributed by atoms with E-state index in [-0.39, 0.29) is 11.6 Å². The van der Waals surface area contributed by atoms with E-state index in [1.165, 1.54) is 12.1 Å². The first-order valence-electron chi connectivity index (χ1n) is 8.69. The van der Waals surface area contributed by atoms with Crippen LogP contribution in [0.1, 0.15) is 51.0 Å². The Hall–Kier alpha value is -2.43.